The molecule has 0 aromatic rings. The first-order chi connectivity index (χ1) is 6.36. The first-order valence-electron chi connectivity index (χ1n) is 2.95. The van der Waals surface area contributed by atoms with Crippen LogP contribution in [0.5, 0.6) is 0 Å². The van der Waals surface area contributed by atoms with Crippen LogP contribution in [0, 0.1) is 0 Å². The van der Waals surface area contributed by atoms with Crippen LogP contribution in [0.2, 0.25) is 0 Å². The van der Waals surface area contributed by atoms with Crippen LogP contribution in [-0.4, -0.2) is 34.5 Å². The third kappa shape index (κ3) is 15.3. The molecule has 0 saturated carbocycles. The molecule has 0 saturated heterocycles. The minimum Gasteiger partial charge on any atom is -0.481 e. The van der Waals surface area contributed by atoms with Crippen molar-refractivity contribution in [3.05, 3.63) is 0 Å². The lowest BCUT2D eigenvalue weighted by atomic mass is 10.4. The van der Waals surface area contributed by atoms with E-state index in [-0.39, 0.29) is 0 Å². The molecule has 0 rings (SSSR count). The van der Waals surface area contributed by atoms with Crippen LogP contribution in [0.15, 0.2) is 0 Å². The van der Waals surface area contributed by atoms with Crippen molar-refractivity contribution in [2.45, 2.75) is 18.8 Å². The monoisotopic (exact) mass is 242 g/mol. The lowest BCUT2D eigenvalue weighted by Crippen LogP contribution is -2.21. The van der Waals surface area contributed by atoms with E-state index in [9.17, 15) is 31.1 Å². The molecule has 90 valence electrons. The summed E-state index contributed by atoms with van der Waals surface area (Å²) >= 11 is 0. The van der Waals surface area contributed by atoms with Crippen LogP contribution >= 0.6 is 0 Å². The van der Waals surface area contributed by atoms with Gasteiger partial charge in [0.25, 0.3) is 0 Å². The van der Waals surface area contributed by atoms with E-state index >= 15 is 0 Å². The standard InChI is InChI=1S/C3H3F3O2.C2HF3O2/c4-3(5,6)1-2(7)8;3-2(4,5)1(6)7/h1H2,(H,7,8);(H,6,7). The van der Waals surface area contributed by atoms with Gasteiger partial charge in [-0.2, -0.15) is 26.3 Å². The van der Waals surface area contributed by atoms with Crippen LogP contribution in [0.4, 0.5) is 26.3 Å². The van der Waals surface area contributed by atoms with E-state index in [1.165, 1.54) is 0 Å². The number of hydrogen-bond acceptors (Lipinski definition) is 2. The molecule has 0 radical (unpaired) electrons. The van der Waals surface area contributed by atoms with Gasteiger partial charge in [-0.1, -0.05) is 0 Å². The second kappa shape index (κ2) is 5.41. The number of hydrogen-bond donors (Lipinski definition) is 2. The van der Waals surface area contributed by atoms with Gasteiger partial charge in [0.05, 0.1) is 0 Å². The van der Waals surface area contributed by atoms with E-state index in [1.54, 1.807) is 0 Å². The lowest BCUT2D eigenvalue weighted by Gasteiger charge is -1.98. The highest BCUT2D eigenvalue weighted by Crippen LogP contribution is 2.18. The predicted molar refractivity (Wildman–Crippen MR) is 32.0 cm³/mol. The molecule has 2 N–H and O–H groups in total. The van der Waals surface area contributed by atoms with Crippen molar-refractivity contribution < 1.29 is 46.1 Å². The summed E-state index contributed by atoms with van der Waals surface area (Å²) in [6.45, 7) is 0. The summed E-state index contributed by atoms with van der Waals surface area (Å²) in [5, 5.41) is 14.7. The Bertz CT molecular complexity index is 229. The fraction of sp³-hybridized carbons (Fsp3) is 0.600. The zero-order valence-electron chi connectivity index (χ0n) is 6.69. The fourth-order valence-corrected chi connectivity index (χ4v) is 0.171. The maximum atomic E-state index is 10.9. The number of aliphatic carboxylic acids is 2. The maximum Gasteiger partial charge on any atom is 0.490 e. The van der Waals surface area contributed by atoms with Gasteiger partial charge in [0.15, 0.2) is 0 Å². The number of alkyl halides is 6. The van der Waals surface area contributed by atoms with Crippen molar-refractivity contribution in [1.82, 2.24) is 0 Å². The Hall–Kier alpha value is -1.48. The molecule has 0 atom stereocenters. The van der Waals surface area contributed by atoms with Crippen LogP contribution in [-0.2, 0) is 9.59 Å². The molecule has 0 amide bonds. The summed E-state index contributed by atoms with van der Waals surface area (Å²) in [7, 11) is 0. The van der Waals surface area contributed by atoms with E-state index in [1.807, 2.05) is 0 Å². The number of carboxylic acid groups (broad SMARTS) is 2. The first-order valence-corrected chi connectivity index (χ1v) is 2.95. The van der Waals surface area contributed by atoms with Gasteiger partial charge in [-0.05, 0) is 0 Å². The van der Waals surface area contributed by atoms with Gasteiger partial charge in [-0.3, -0.25) is 4.79 Å². The van der Waals surface area contributed by atoms with Gasteiger partial charge in [-0.15, -0.1) is 0 Å². The number of carboxylic acids is 2. The molecule has 0 heterocycles. The molecule has 0 unspecified atom stereocenters. The topological polar surface area (TPSA) is 74.6 Å². The Labute approximate surface area is 78.1 Å². The van der Waals surface area contributed by atoms with E-state index in [0.29, 0.717) is 0 Å². The molecule has 0 aliphatic rings. The van der Waals surface area contributed by atoms with Crippen molar-refractivity contribution in [1.29, 1.82) is 0 Å². The Balaban J connectivity index is 0. The third-order valence-corrected chi connectivity index (χ3v) is 0.594. The smallest absolute Gasteiger partial charge is 0.481 e. The zero-order chi connectivity index (χ0) is 12.9. The average molecular weight is 242 g/mol. The van der Waals surface area contributed by atoms with Gasteiger partial charge in [-0.25, -0.2) is 4.79 Å². The van der Waals surface area contributed by atoms with E-state index in [0.717, 1.165) is 0 Å². The highest BCUT2D eigenvalue weighted by molar-refractivity contribution is 5.73. The Kier molecular flexibility index (Phi) is 5.76. The second-order valence-corrected chi connectivity index (χ2v) is 1.99. The first kappa shape index (κ1) is 16.0. The maximum absolute atomic E-state index is 10.9. The summed E-state index contributed by atoms with van der Waals surface area (Å²) in [4.78, 5) is 18.2. The number of rotatable bonds is 1. The molecule has 0 fully saturated rings. The van der Waals surface area contributed by atoms with Crippen molar-refractivity contribution in [3.8, 4) is 0 Å². The predicted octanol–water partition coefficient (Wildman–Crippen LogP) is 1.66. The van der Waals surface area contributed by atoms with E-state index < -0.39 is 30.7 Å². The van der Waals surface area contributed by atoms with Gasteiger partial charge in [0.1, 0.15) is 6.42 Å². The molecule has 0 aromatic heterocycles. The summed E-state index contributed by atoms with van der Waals surface area (Å²) in [6.07, 6.45) is -11.4. The van der Waals surface area contributed by atoms with Crippen LogP contribution in [0.1, 0.15) is 6.42 Å². The van der Waals surface area contributed by atoms with Crippen molar-refractivity contribution in [3.63, 3.8) is 0 Å². The van der Waals surface area contributed by atoms with Gasteiger partial charge >= 0.3 is 24.3 Å². The molecule has 0 aromatic carbocycles. The highest BCUT2D eigenvalue weighted by atomic mass is 19.4. The molecule has 10 heteroatoms. The summed E-state index contributed by atoms with van der Waals surface area (Å²) < 4.78 is 64.5. The van der Waals surface area contributed by atoms with Crippen LogP contribution in [0.3, 0.4) is 0 Å². The number of carbonyl (C=O) groups is 2. The van der Waals surface area contributed by atoms with Crippen molar-refractivity contribution in [2.24, 2.45) is 0 Å². The summed E-state index contributed by atoms with van der Waals surface area (Å²) in [5.74, 6) is -4.61. The van der Waals surface area contributed by atoms with Crippen LogP contribution in [0.25, 0.3) is 0 Å². The zero-order valence-corrected chi connectivity index (χ0v) is 6.69. The molecule has 0 aliphatic carbocycles. The minimum absolute atomic E-state index is 1.76. The highest BCUT2D eigenvalue weighted by Gasteiger charge is 2.38. The third-order valence-electron chi connectivity index (χ3n) is 0.594. The summed E-state index contributed by atoms with van der Waals surface area (Å²) in [6, 6.07) is 0. The van der Waals surface area contributed by atoms with Gasteiger partial charge in [0.2, 0.25) is 0 Å². The Morgan fingerprint density at radius 1 is 0.933 bits per heavy atom. The molecule has 0 aliphatic heterocycles. The van der Waals surface area contributed by atoms with Crippen molar-refractivity contribution >= 4 is 11.9 Å². The molecule has 0 spiro atoms. The Morgan fingerprint density at radius 2 is 1.20 bits per heavy atom. The molecule has 0 bridgehead atoms. The second-order valence-electron chi connectivity index (χ2n) is 1.99. The average Bonchev–Trinajstić information content (AvgIpc) is 1.78. The summed E-state index contributed by atoms with van der Waals surface area (Å²) in [5.41, 5.74) is 0. The van der Waals surface area contributed by atoms with Crippen LogP contribution < -0.4 is 0 Å². The Morgan fingerprint density at radius 3 is 1.20 bits per heavy atom. The molecular formula is C5H4F6O4. The quantitative estimate of drug-likeness (QED) is 0.685. The largest absolute Gasteiger partial charge is 0.490 e. The molecule has 4 nitrogen and oxygen atoms in total. The SMILES string of the molecule is O=C(O)C(F)(F)F.O=C(O)CC(F)(F)F. The minimum atomic E-state index is -5.08. The van der Waals surface area contributed by atoms with E-state index in [4.69, 9.17) is 15.0 Å². The van der Waals surface area contributed by atoms with Gasteiger partial charge in [0, 0.05) is 0 Å². The number of halogens is 6. The molecular weight excluding hydrogens is 238 g/mol. The van der Waals surface area contributed by atoms with Gasteiger partial charge < -0.3 is 10.2 Å². The molecule has 15 heavy (non-hydrogen) atoms. The normalized spacial score (nSPS) is 11.3. The lowest BCUT2D eigenvalue weighted by molar-refractivity contribution is -0.192. The fourth-order valence-electron chi connectivity index (χ4n) is 0.171. The van der Waals surface area contributed by atoms with Crippen molar-refractivity contribution in [2.75, 3.05) is 0 Å². The van der Waals surface area contributed by atoms with E-state index in [2.05, 4.69) is 0 Å².